The third-order valence-corrected chi connectivity index (χ3v) is 2.85. The average molecular weight is 250 g/mol. The minimum atomic E-state index is -0.193. The van der Waals surface area contributed by atoms with Gasteiger partial charge in [-0.15, -0.1) is 0 Å². The van der Waals surface area contributed by atoms with Gasteiger partial charge >= 0.3 is 0 Å². The van der Waals surface area contributed by atoms with Gasteiger partial charge in [0.05, 0.1) is 6.04 Å². The molecule has 3 heteroatoms. The summed E-state index contributed by atoms with van der Waals surface area (Å²) in [6.45, 7) is 1.92. The van der Waals surface area contributed by atoms with Gasteiger partial charge in [0.1, 0.15) is 5.82 Å². The highest BCUT2D eigenvalue weighted by Crippen LogP contribution is 2.22. The monoisotopic (exact) mass is 249 g/mol. The molecule has 88 valence electrons. The first-order chi connectivity index (χ1) is 8.16. The largest absolute Gasteiger partial charge is 0.378 e. The van der Waals surface area contributed by atoms with Crippen molar-refractivity contribution in [3.63, 3.8) is 0 Å². The molecule has 17 heavy (non-hydrogen) atoms. The number of nitrogens with one attached hydrogen (secondary N) is 1. The summed E-state index contributed by atoms with van der Waals surface area (Å²) in [5, 5.41) is 3.92. The SMILES string of the molecule is C[C@@H](Nc1ccc(Cl)cc1)c1ccccc1F. The van der Waals surface area contributed by atoms with Crippen LogP contribution in [0.25, 0.3) is 0 Å². The maximum atomic E-state index is 13.5. The fourth-order valence-electron chi connectivity index (χ4n) is 1.70. The van der Waals surface area contributed by atoms with Crippen LogP contribution in [0, 0.1) is 5.82 Å². The normalized spacial score (nSPS) is 12.2. The Bertz CT molecular complexity index is 496. The zero-order valence-electron chi connectivity index (χ0n) is 9.45. The van der Waals surface area contributed by atoms with Gasteiger partial charge in [0.15, 0.2) is 0 Å². The number of hydrogen-bond acceptors (Lipinski definition) is 1. The predicted octanol–water partition coefficient (Wildman–Crippen LogP) is 4.65. The molecule has 2 rings (SSSR count). The Labute approximate surface area is 105 Å². The summed E-state index contributed by atoms with van der Waals surface area (Å²) in [4.78, 5) is 0. The van der Waals surface area contributed by atoms with E-state index in [4.69, 9.17) is 11.6 Å². The first-order valence-corrected chi connectivity index (χ1v) is 5.81. The summed E-state index contributed by atoms with van der Waals surface area (Å²) in [5.74, 6) is -0.193. The lowest BCUT2D eigenvalue weighted by molar-refractivity contribution is 0.600. The Morgan fingerprint density at radius 3 is 2.35 bits per heavy atom. The molecule has 0 unspecified atom stereocenters. The molecular weight excluding hydrogens is 237 g/mol. The van der Waals surface area contributed by atoms with Crippen LogP contribution in [-0.2, 0) is 0 Å². The molecule has 1 N–H and O–H groups in total. The highest BCUT2D eigenvalue weighted by atomic mass is 35.5. The van der Waals surface area contributed by atoms with Crippen molar-refractivity contribution < 1.29 is 4.39 Å². The molecule has 2 aromatic rings. The molecule has 0 bridgehead atoms. The van der Waals surface area contributed by atoms with Crippen LogP contribution >= 0.6 is 11.6 Å². The highest BCUT2D eigenvalue weighted by molar-refractivity contribution is 6.30. The molecule has 0 radical (unpaired) electrons. The second-order valence-electron chi connectivity index (χ2n) is 3.89. The molecular formula is C14H13ClFN. The molecule has 2 aromatic carbocycles. The van der Waals surface area contributed by atoms with E-state index in [9.17, 15) is 4.39 Å². The van der Waals surface area contributed by atoms with Crippen molar-refractivity contribution in [3.05, 3.63) is 64.9 Å². The maximum absolute atomic E-state index is 13.5. The average Bonchev–Trinajstić information content (AvgIpc) is 2.32. The van der Waals surface area contributed by atoms with Crippen molar-refractivity contribution in [1.29, 1.82) is 0 Å². The minimum Gasteiger partial charge on any atom is -0.378 e. The van der Waals surface area contributed by atoms with Crippen molar-refractivity contribution in [2.24, 2.45) is 0 Å². The van der Waals surface area contributed by atoms with Gasteiger partial charge in [-0.3, -0.25) is 0 Å². The fraction of sp³-hybridized carbons (Fsp3) is 0.143. The summed E-state index contributed by atoms with van der Waals surface area (Å²) in [6, 6.07) is 14.0. The molecule has 0 aliphatic rings. The number of rotatable bonds is 3. The Balaban J connectivity index is 2.14. The van der Waals surface area contributed by atoms with Crippen molar-refractivity contribution in [2.45, 2.75) is 13.0 Å². The van der Waals surface area contributed by atoms with Crippen molar-refractivity contribution in [2.75, 3.05) is 5.32 Å². The molecule has 0 saturated heterocycles. The standard InChI is InChI=1S/C14H13ClFN/c1-10(13-4-2-3-5-14(13)16)17-12-8-6-11(15)7-9-12/h2-10,17H,1H3/t10-/m1/s1. The van der Waals surface area contributed by atoms with Crippen LogP contribution in [-0.4, -0.2) is 0 Å². The Morgan fingerprint density at radius 1 is 1.06 bits per heavy atom. The quantitative estimate of drug-likeness (QED) is 0.835. The minimum absolute atomic E-state index is 0.0858. The maximum Gasteiger partial charge on any atom is 0.128 e. The van der Waals surface area contributed by atoms with Crippen LogP contribution in [0.15, 0.2) is 48.5 Å². The predicted molar refractivity (Wildman–Crippen MR) is 69.9 cm³/mol. The van der Waals surface area contributed by atoms with E-state index in [0.29, 0.717) is 10.6 Å². The Morgan fingerprint density at radius 2 is 1.71 bits per heavy atom. The third-order valence-electron chi connectivity index (χ3n) is 2.60. The van der Waals surface area contributed by atoms with Gasteiger partial charge in [-0.05, 0) is 37.3 Å². The molecule has 0 saturated carbocycles. The first kappa shape index (κ1) is 11.9. The topological polar surface area (TPSA) is 12.0 Å². The van der Waals surface area contributed by atoms with Gasteiger partial charge in [-0.2, -0.15) is 0 Å². The van der Waals surface area contributed by atoms with Crippen LogP contribution in [0.3, 0.4) is 0 Å². The second-order valence-corrected chi connectivity index (χ2v) is 4.33. The van der Waals surface area contributed by atoms with E-state index in [0.717, 1.165) is 5.69 Å². The van der Waals surface area contributed by atoms with Gasteiger partial charge in [0.2, 0.25) is 0 Å². The summed E-state index contributed by atoms with van der Waals surface area (Å²) >= 11 is 5.80. The zero-order valence-corrected chi connectivity index (χ0v) is 10.2. The number of halogens is 2. The molecule has 0 aliphatic carbocycles. The summed E-state index contributed by atoms with van der Waals surface area (Å²) < 4.78 is 13.5. The molecule has 0 aliphatic heterocycles. The van der Waals surface area contributed by atoms with Crippen molar-refractivity contribution >= 4 is 17.3 Å². The first-order valence-electron chi connectivity index (χ1n) is 5.43. The summed E-state index contributed by atoms with van der Waals surface area (Å²) in [6.07, 6.45) is 0. The van der Waals surface area contributed by atoms with Crippen LogP contribution < -0.4 is 5.32 Å². The smallest absolute Gasteiger partial charge is 0.128 e. The third kappa shape index (κ3) is 2.98. The van der Waals surface area contributed by atoms with E-state index in [1.54, 1.807) is 24.3 Å². The second kappa shape index (κ2) is 5.19. The summed E-state index contributed by atoms with van der Waals surface area (Å²) in [7, 11) is 0. The highest BCUT2D eigenvalue weighted by Gasteiger charge is 2.09. The van der Waals surface area contributed by atoms with Gasteiger partial charge in [0.25, 0.3) is 0 Å². The lowest BCUT2D eigenvalue weighted by Gasteiger charge is -2.16. The lowest BCUT2D eigenvalue weighted by Crippen LogP contribution is -2.08. The molecule has 0 heterocycles. The van der Waals surface area contributed by atoms with Crippen molar-refractivity contribution in [1.82, 2.24) is 0 Å². The van der Waals surface area contributed by atoms with Crippen LogP contribution in [0.2, 0.25) is 5.02 Å². The van der Waals surface area contributed by atoms with Gasteiger partial charge in [-0.1, -0.05) is 29.8 Å². The molecule has 0 aromatic heterocycles. The summed E-state index contributed by atoms with van der Waals surface area (Å²) in [5.41, 5.74) is 1.58. The molecule has 1 nitrogen and oxygen atoms in total. The number of hydrogen-bond donors (Lipinski definition) is 1. The van der Waals surface area contributed by atoms with E-state index >= 15 is 0 Å². The van der Waals surface area contributed by atoms with E-state index in [1.165, 1.54) is 6.07 Å². The van der Waals surface area contributed by atoms with Gasteiger partial charge < -0.3 is 5.32 Å². The Hall–Kier alpha value is -1.54. The number of benzene rings is 2. The number of anilines is 1. The van der Waals surface area contributed by atoms with E-state index in [2.05, 4.69) is 5.32 Å². The molecule has 0 fully saturated rings. The molecule has 0 amide bonds. The van der Waals surface area contributed by atoms with E-state index < -0.39 is 0 Å². The van der Waals surface area contributed by atoms with Crippen molar-refractivity contribution in [3.8, 4) is 0 Å². The van der Waals surface area contributed by atoms with E-state index in [-0.39, 0.29) is 11.9 Å². The fourth-order valence-corrected chi connectivity index (χ4v) is 1.83. The van der Waals surface area contributed by atoms with E-state index in [1.807, 2.05) is 25.1 Å². The van der Waals surface area contributed by atoms with Gasteiger partial charge in [-0.25, -0.2) is 4.39 Å². The molecule has 0 spiro atoms. The van der Waals surface area contributed by atoms with Crippen LogP contribution in [0.1, 0.15) is 18.5 Å². The van der Waals surface area contributed by atoms with Crippen LogP contribution in [0.5, 0.6) is 0 Å². The molecule has 1 atom stereocenters. The van der Waals surface area contributed by atoms with Crippen LogP contribution in [0.4, 0.5) is 10.1 Å². The Kier molecular flexibility index (Phi) is 3.64. The van der Waals surface area contributed by atoms with Gasteiger partial charge in [0, 0.05) is 16.3 Å². The lowest BCUT2D eigenvalue weighted by atomic mass is 10.1. The zero-order chi connectivity index (χ0) is 12.3.